The Morgan fingerprint density at radius 2 is 1.77 bits per heavy atom. The molecule has 2 atom stereocenters. The second-order valence-electron chi connectivity index (χ2n) is 10.4. The first-order chi connectivity index (χ1) is 18.8. The topological polar surface area (TPSA) is 67.2 Å². The molecule has 0 aliphatic carbocycles. The van der Waals surface area contributed by atoms with Crippen LogP contribution in [-0.2, 0) is 4.74 Å². The molecular formula is C29H34Cl2N4O4. The third-order valence-electron chi connectivity index (χ3n) is 7.59. The van der Waals surface area contributed by atoms with E-state index in [1.165, 1.54) is 11.0 Å². The Labute approximate surface area is 238 Å². The van der Waals surface area contributed by atoms with E-state index in [-0.39, 0.29) is 11.5 Å². The van der Waals surface area contributed by atoms with Gasteiger partial charge in [-0.3, -0.25) is 14.3 Å². The fourth-order valence-electron chi connectivity index (χ4n) is 5.48. The zero-order valence-corrected chi connectivity index (χ0v) is 24.0. The monoisotopic (exact) mass is 572 g/mol. The van der Waals surface area contributed by atoms with Gasteiger partial charge in [0, 0.05) is 57.8 Å². The van der Waals surface area contributed by atoms with E-state index in [0.717, 1.165) is 73.5 Å². The van der Waals surface area contributed by atoms with Crippen molar-refractivity contribution in [3.8, 4) is 5.75 Å². The molecule has 2 unspecified atom stereocenters. The van der Waals surface area contributed by atoms with Crippen molar-refractivity contribution in [2.75, 3.05) is 58.3 Å². The minimum Gasteiger partial charge on any atom is -0.493 e. The number of hydrogen-bond acceptors (Lipinski definition) is 6. The smallest absolute Gasteiger partial charge is 0.411 e. The lowest BCUT2D eigenvalue weighted by Gasteiger charge is -2.36. The van der Waals surface area contributed by atoms with Crippen molar-refractivity contribution in [1.82, 2.24) is 14.4 Å². The molecule has 0 bridgehead atoms. The largest absolute Gasteiger partial charge is 0.493 e. The molecule has 1 saturated heterocycles. The summed E-state index contributed by atoms with van der Waals surface area (Å²) < 4.78 is 13.6. The molecule has 1 aromatic heterocycles. The molecule has 1 amide bonds. The van der Waals surface area contributed by atoms with Crippen LogP contribution in [0.25, 0.3) is 10.9 Å². The van der Waals surface area contributed by atoms with E-state index in [4.69, 9.17) is 32.7 Å². The number of piperazine rings is 1. The molecule has 3 heterocycles. The number of benzene rings is 2. The highest BCUT2D eigenvalue weighted by Gasteiger charge is 2.37. The fourth-order valence-corrected chi connectivity index (χ4v) is 5.89. The Kier molecular flexibility index (Phi) is 8.26. The lowest BCUT2D eigenvalue weighted by molar-refractivity contribution is 0.0295. The van der Waals surface area contributed by atoms with Crippen LogP contribution in [0.3, 0.4) is 0 Å². The molecule has 0 spiro atoms. The molecule has 2 aromatic carbocycles. The normalized spacial score (nSPS) is 18.9. The first-order valence-corrected chi connectivity index (χ1v) is 14.1. The third-order valence-corrected chi connectivity index (χ3v) is 8.40. The third kappa shape index (κ3) is 5.55. The molecule has 0 radical (unpaired) electrons. The summed E-state index contributed by atoms with van der Waals surface area (Å²) in [7, 11) is 3.25. The maximum Gasteiger partial charge on any atom is 0.411 e. The van der Waals surface area contributed by atoms with Crippen LogP contribution in [0.1, 0.15) is 37.5 Å². The summed E-state index contributed by atoms with van der Waals surface area (Å²) in [6, 6.07) is 13.0. The molecular weight excluding hydrogens is 539 g/mol. The molecule has 39 heavy (non-hydrogen) atoms. The van der Waals surface area contributed by atoms with Gasteiger partial charge < -0.3 is 19.3 Å². The summed E-state index contributed by atoms with van der Waals surface area (Å²) in [5.41, 5.74) is 2.50. The van der Waals surface area contributed by atoms with E-state index in [2.05, 4.69) is 9.80 Å². The lowest BCUT2D eigenvalue weighted by atomic mass is 9.99. The predicted octanol–water partition coefficient (Wildman–Crippen LogP) is 5.60. The maximum absolute atomic E-state index is 12.8. The zero-order valence-electron chi connectivity index (χ0n) is 22.5. The van der Waals surface area contributed by atoms with Gasteiger partial charge in [-0.1, -0.05) is 36.2 Å². The number of pyridine rings is 1. The molecule has 2 aliphatic rings. The number of ether oxygens (including phenoxy) is 2. The minimum absolute atomic E-state index is 0.195. The van der Waals surface area contributed by atoms with Gasteiger partial charge in [-0.15, -0.1) is 0 Å². The number of anilines is 1. The predicted molar refractivity (Wildman–Crippen MR) is 156 cm³/mol. The van der Waals surface area contributed by atoms with Gasteiger partial charge in [0.15, 0.2) is 6.23 Å². The molecule has 2 aliphatic heterocycles. The number of halogens is 2. The number of unbranched alkanes of at least 4 members (excludes halogenated alkanes) is 1. The Morgan fingerprint density at radius 1 is 1.03 bits per heavy atom. The van der Waals surface area contributed by atoms with Crippen molar-refractivity contribution in [3.05, 3.63) is 68.4 Å². The lowest BCUT2D eigenvalue weighted by Crippen LogP contribution is -2.46. The van der Waals surface area contributed by atoms with Gasteiger partial charge in [0.05, 0.1) is 27.9 Å². The highest BCUT2D eigenvalue weighted by Crippen LogP contribution is 2.45. The van der Waals surface area contributed by atoms with Crippen LogP contribution in [0.4, 0.5) is 10.5 Å². The number of carbonyl (C=O) groups excluding carboxylic acids is 1. The average molecular weight is 574 g/mol. The van der Waals surface area contributed by atoms with Crippen LogP contribution in [0.15, 0.2) is 47.3 Å². The Morgan fingerprint density at radius 3 is 2.51 bits per heavy atom. The molecule has 8 nitrogen and oxygen atoms in total. The second kappa shape index (κ2) is 11.7. The van der Waals surface area contributed by atoms with Gasteiger partial charge in [-0.25, -0.2) is 4.79 Å². The summed E-state index contributed by atoms with van der Waals surface area (Å²) in [5.74, 6) is 0.525. The van der Waals surface area contributed by atoms with Crippen LogP contribution >= 0.6 is 23.2 Å². The number of amides is 1. The quantitative estimate of drug-likeness (QED) is 0.327. The van der Waals surface area contributed by atoms with Crippen molar-refractivity contribution < 1.29 is 14.3 Å². The highest BCUT2D eigenvalue weighted by molar-refractivity contribution is 6.43. The molecule has 10 heteroatoms. The van der Waals surface area contributed by atoms with Crippen molar-refractivity contribution >= 4 is 45.9 Å². The summed E-state index contributed by atoms with van der Waals surface area (Å²) in [6.45, 7) is 7.32. The molecule has 1 fully saturated rings. The number of nitrogens with zero attached hydrogens (tertiary/aromatic N) is 4. The summed E-state index contributed by atoms with van der Waals surface area (Å²) in [5, 5.41) is 2.13. The maximum atomic E-state index is 12.8. The van der Waals surface area contributed by atoms with Gasteiger partial charge in [0.25, 0.3) is 5.56 Å². The molecule has 0 saturated carbocycles. The van der Waals surface area contributed by atoms with Crippen molar-refractivity contribution in [3.63, 3.8) is 0 Å². The van der Waals surface area contributed by atoms with Crippen molar-refractivity contribution in [2.24, 2.45) is 0 Å². The van der Waals surface area contributed by atoms with Crippen LogP contribution < -0.4 is 15.2 Å². The van der Waals surface area contributed by atoms with E-state index in [1.807, 2.05) is 43.3 Å². The summed E-state index contributed by atoms with van der Waals surface area (Å²) in [4.78, 5) is 31.3. The van der Waals surface area contributed by atoms with Crippen LogP contribution in [0, 0.1) is 0 Å². The standard InChI is InChI=1S/C29H34Cl2N4O4/c1-19-25-23(11-9-20-10-12-24(36)35(27(20)25)28(19)39-29(37)32(2)3)38-18-5-4-13-33-14-16-34(17-15-33)22-8-6-7-21(30)26(22)31/h6-12,19,28H,4-5,13-18H2,1-3H3. The molecule has 3 aromatic rings. The number of rotatable bonds is 8. The van der Waals surface area contributed by atoms with Gasteiger partial charge in [-0.05, 0) is 55.1 Å². The molecule has 208 valence electrons. The van der Waals surface area contributed by atoms with Crippen molar-refractivity contribution in [1.29, 1.82) is 0 Å². The Balaban J connectivity index is 1.16. The van der Waals surface area contributed by atoms with E-state index in [0.29, 0.717) is 16.7 Å². The van der Waals surface area contributed by atoms with Crippen LogP contribution in [0.2, 0.25) is 10.0 Å². The molecule has 5 rings (SSSR count). The van der Waals surface area contributed by atoms with Gasteiger partial charge in [-0.2, -0.15) is 0 Å². The van der Waals surface area contributed by atoms with Crippen LogP contribution in [0.5, 0.6) is 5.75 Å². The van der Waals surface area contributed by atoms with E-state index in [1.54, 1.807) is 18.7 Å². The second-order valence-corrected chi connectivity index (χ2v) is 11.2. The number of carbonyl (C=O) groups is 1. The van der Waals surface area contributed by atoms with Gasteiger partial charge >= 0.3 is 6.09 Å². The SMILES string of the molecule is CC1c2c(OCCCCN3CCN(c4cccc(Cl)c4Cl)CC3)ccc3ccc(=O)n(c23)C1OC(=O)N(C)C. The fraction of sp³-hybridized carbons (Fsp3) is 0.448. The average Bonchev–Trinajstić information content (AvgIpc) is 3.22. The first-order valence-electron chi connectivity index (χ1n) is 13.4. The number of hydrogen-bond donors (Lipinski definition) is 0. The Hall–Kier alpha value is -2.94. The van der Waals surface area contributed by atoms with Crippen LogP contribution in [-0.4, -0.2) is 73.9 Å². The highest BCUT2D eigenvalue weighted by atomic mass is 35.5. The number of aromatic nitrogens is 1. The molecule has 0 N–H and O–H groups in total. The van der Waals surface area contributed by atoms with E-state index in [9.17, 15) is 9.59 Å². The van der Waals surface area contributed by atoms with Gasteiger partial charge in [0.2, 0.25) is 0 Å². The van der Waals surface area contributed by atoms with E-state index < -0.39 is 12.3 Å². The van der Waals surface area contributed by atoms with E-state index >= 15 is 0 Å². The summed E-state index contributed by atoms with van der Waals surface area (Å²) in [6.07, 6.45) is 0.732. The minimum atomic E-state index is -0.712. The Bertz CT molecular complexity index is 1420. The summed E-state index contributed by atoms with van der Waals surface area (Å²) >= 11 is 12.6. The van der Waals surface area contributed by atoms with Crippen molar-refractivity contribution in [2.45, 2.75) is 31.9 Å². The first kappa shape index (κ1) is 27.6. The van der Waals surface area contributed by atoms with Gasteiger partial charge in [0.1, 0.15) is 5.75 Å². The zero-order chi connectivity index (χ0) is 27.7.